The van der Waals surface area contributed by atoms with Crippen molar-refractivity contribution < 1.29 is 26.4 Å². The summed E-state index contributed by atoms with van der Waals surface area (Å²) in [5.41, 5.74) is -0.901. The van der Waals surface area contributed by atoms with Crippen molar-refractivity contribution in [3.63, 3.8) is 0 Å². The van der Waals surface area contributed by atoms with Crippen LogP contribution in [0, 0.1) is 5.92 Å². The van der Waals surface area contributed by atoms with E-state index in [9.17, 15) is 26.4 Å². The molecule has 0 aliphatic carbocycles. The molecule has 0 aromatic carbocycles. The third kappa shape index (κ3) is 4.25. The Morgan fingerprint density at radius 3 is 2.08 bits per heavy atom. The van der Waals surface area contributed by atoms with Gasteiger partial charge in [0.05, 0.1) is 17.1 Å². The lowest BCUT2D eigenvalue weighted by Crippen LogP contribution is -2.51. The van der Waals surface area contributed by atoms with Crippen LogP contribution in [0.3, 0.4) is 0 Å². The number of rotatable bonds is 2. The van der Waals surface area contributed by atoms with Gasteiger partial charge in [-0.2, -0.15) is 13.2 Å². The summed E-state index contributed by atoms with van der Waals surface area (Å²) in [6.45, 7) is 1.66. The maximum absolute atomic E-state index is 12.6. The number of hydrogen-bond acceptors (Lipinski definition) is 6. The highest BCUT2D eigenvalue weighted by Gasteiger charge is 2.34. The first kappa shape index (κ1) is 18.9. The molecule has 7 nitrogen and oxygen atoms in total. The number of halogens is 3. The van der Waals surface area contributed by atoms with Crippen LogP contribution in [-0.2, 0) is 20.8 Å². The molecule has 0 radical (unpaired) electrons. The highest BCUT2D eigenvalue weighted by atomic mass is 32.2. The molecule has 0 atom stereocenters. The van der Waals surface area contributed by atoms with E-state index >= 15 is 0 Å². The van der Waals surface area contributed by atoms with E-state index in [2.05, 4.69) is 9.97 Å². The quantitative estimate of drug-likeness (QED) is 0.746. The zero-order valence-corrected chi connectivity index (χ0v) is 14.8. The van der Waals surface area contributed by atoms with Crippen molar-refractivity contribution in [1.82, 2.24) is 14.9 Å². The summed E-state index contributed by atoms with van der Waals surface area (Å²) in [5.74, 6) is -0.0277. The molecule has 3 heterocycles. The van der Waals surface area contributed by atoms with Gasteiger partial charge in [0.15, 0.2) is 0 Å². The van der Waals surface area contributed by atoms with Crippen LogP contribution in [0.4, 0.5) is 19.1 Å². The van der Waals surface area contributed by atoms with Crippen molar-refractivity contribution in [3.8, 4) is 0 Å². The average molecular weight is 392 g/mol. The van der Waals surface area contributed by atoms with Gasteiger partial charge in [-0.05, 0) is 12.8 Å². The molecule has 3 rings (SSSR count). The Morgan fingerprint density at radius 1 is 1.04 bits per heavy atom. The molecule has 2 fully saturated rings. The monoisotopic (exact) mass is 392 g/mol. The van der Waals surface area contributed by atoms with Gasteiger partial charge in [0.2, 0.25) is 11.9 Å². The molecular formula is C15H19F3N4O3S. The van der Waals surface area contributed by atoms with Gasteiger partial charge in [0.25, 0.3) is 0 Å². The number of amides is 1. The average Bonchev–Trinajstić information content (AvgIpc) is 2.61. The summed E-state index contributed by atoms with van der Waals surface area (Å²) < 4.78 is 60.6. The SMILES string of the molecule is O=C(C1CCS(=O)(=O)CC1)N1CCN(c2ncc(C(F)(F)F)cn2)CC1. The number of piperazine rings is 1. The Hall–Kier alpha value is -1.91. The number of nitrogens with zero attached hydrogens (tertiary/aromatic N) is 4. The van der Waals surface area contributed by atoms with Crippen molar-refractivity contribution in [2.45, 2.75) is 19.0 Å². The zero-order valence-electron chi connectivity index (χ0n) is 13.9. The van der Waals surface area contributed by atoms with Crippen LogP contribution in [-0.4, -0.2) is 66.9 Å². The maximum Gasteiger partial charge on any atom is 0.419 e. The van der Waals surface area contributed by atoms with Crippen LogP contribution in [0.15, 0.2) is 12.4 Å². The highest BCUT2D eigenvalue weighted by Crippen LogP contribution is 2.28. The van der Waals surface area contributed by atoms with Crippen LogP contribution in [0.25, 0.3) is 0 Å². The van der Waals surface area contributed by atoms with Crippen LogP contribution in [0.2, 0.25) is 0 Å². The van der Waals surface area contributed by atoms with E-state index in [0.717, 1.165) is 12.4 Å². The predicted molar refractivity (Wildman–Crippen MR) is 87.2 cm³/mol. The van der Waals surface area contributed by atoms with Crippen molar-refractivity contribution in [2.75, 3.05) is 42.6 Å². The zero-order chi connectivity index (χ0) is 18.9. The molecule has 1 amide bonds. The van der Waals surface area contributed by atoms with Crippen molar-refractivity contribution in [2.24, 2.45) is 5.92 Å². The van der Waals surface area contributed by atoms with Gasteiger partial charge in [-0.15, -0.1) is 0 Å². The number of sulfone groups is 1. The van der Waals surface area contributed by atoms with Crippen molar-refractivity contribution in [3.05, 3.63) is 18.0 Å². The lowest BCUT2D eigenvalue weighted by Gasteiger charge is -2.37. The fourth-order valence-electron chi connectivity index (χ4n) is 3.15. The molecule has 0 saturated carbocycles. The minimum atomic E-state index is -4.48. The topological polar surface area (TPSA) is 83.5 Å². The summed E-state index contributed by atoms with van der Waals surface area (Å²) in [5, 5.41) is 0. The fraction of sp³-hybridized carbons (Fsp3) is 0.667. The second-order valence-electron chi connectivity index (χ2n) is 6.51. The first-order valence-corrected chi connectivity index (χ1v) is 10.1. The van der Waals surface area contributed by atoms with Crippen LogP contribution < -0.4 is 4.90 Å². The Kier molecular flexibility index (Phi) is 5.09. The van der Waals surface area contributed by atoms with Gasteiger partial charge < -0.3 is 9.80 Å². The number of anilines is 1. The van der Waals surface area contributed by atoms with Crippen LogP contribution in [0.5, 0.6) is 0 Å². The Morgan fingerprint density at radius 2 is 1.58 bits per heavy atom. The molecule has 2 aliphatic rings. The third-order valence-electron chi connectivity index (χ3n) is 4.74. The summed E-state index contributed by atoms with van der Waals surface area (Å²) >= 11 is 0. The molecule has 144 valence electrons. The van der Waals surface area contributed by atoms with Gasteiger partial charge in [0.1, 0.15) is 9.84 Å². The van der Waals surface area contributed by atoms with E-state index in [-0.39, 0.29) is 29.3 Å². The normalized spacial score (nSPS) is 21.7. The van der Waals surface area contributed by atoms with Gasteiger partial charge in [0, 0.05) is 44.5 Å². The Labute approximate surface area is 149 Å². The number of carbonyl (C=O) groups excluding carboxylic acids is 1. The summed E-state index contributed by atoms with van der Waals surface area (Å²) in [6, 6.07) is 0. The molecule has 2 saturated heterocycles. The molecule has 0 spiro atoms. The molecular weight excluding hydrogens is 373 g/mol. The number of hydrogen-bond donors (Lipinski definition) is 0. The first-order chi connectivity index (χ1) is 12.2. The van der Waals surface area contributed by atoms with E-state index in [0.29, 0.717) is 39.0 Å². The molecule has 11 heteroatoms. The van der Waals surface area contributed by atoms with Crippen LogP contribution in [0.1, 0.15) is 18.4 Å². The van der Waals surface area contributed by atoms with Gasteiger partial charge in [-0.3, -0.25) is 4.79 Å². The summed E-state index contributed by atoms with van der Waals surface area (Å²) in [6.07, 6.45) is -2.27. The standard InChI is InChI=1S/C15H19F3N4O3S/c16-15(17,18)12-9-19-14(20-10-12)22-5-3-21(4-6-22)13(23)11-1-7-26(24,25)8-2-11/h9-11H,1-8H2. The number of carbonyl (C=O) groups is 1. The van der Waals surface area contributed by atoms with E-state index in [4.69, 9.17) is 0 Å². The third-order valence-corrected chi connectivity index (χ3v) is 6.46. The minimum Gasteiger partial charge on any atom is -0.339 e. The van der Waals surface area contributed by atoms with Crippen molar-refractivity contribution in [1.29, 1.82) is 0 Å². The van der Waals surface area contributed by atoms with E-state index in [1.54, 1.807) is 9.80 Å². The van der Waals surface area contributed by atoms with E-state index < -0.39 is 21.6 Å². The fourth-order valence-corrected chi connectivity index (χ4v) is 4.64. The predicted octanol–water partition coefficient (Wildman–Crippen LogP) is 0.969. The maximum atomic E-state index is 12.6. The lowest BCUT2D eigenvalue weighted by atomic mass is 10.0. The molecule has 2 aliphatic heterocycles. The smallest absolute Gasteiger partial charge is 0.339 e. The largest absolute Gasteiger partial charge is 0.419 e. The molecule has 26 heavy (non-hydrogen) atoms. The lowest BCUT2D eigenvalue weighted by molar-refractivity contribution is -0.138. The summed E-state index contributed by atoms with van der Waals surface area (Å²) in [7, 11) is -3.01. The molecule has 1 aromatic rings. The summed E-state index contributed by atoms with van der Waals surface area (Å²) in [4.78, 5) is 23.5. The van der Waals surface area contributed by atoms with Gasteiger partial charge >= 0.3 is 6.18 Å². The van der Waals surface area contributed by atoms with E-state index in [1.165, 1.54) is 0 Å². The molecule has 1 aromatic heterocycles. The minimum absolute atomic E-state index is 0.0444. The molecule has 0 unspecified atom stereocenters. The first-order valence-electron chi connectivity index (χ1n) is 8.29. The van der Waals surface area contributed by atoms with Gasteiger partial charge in [-0.25, -0.2) is 18.4 Å². The molecule has 0 bridgehead atoms. The Bertz CT molecular complexity index is 745. The van der Waals surface area contributed by atoms with Crippen LogP contribution >= 0.6 is 0 Å². The molecule has 0 N–H and O–H groups in total. The van der Waals surface area contributed by atoms with Gasteiger partial charge in [-0.1, -0.05) is 0 Å². The van der Waals surface area contributed by atoms with Crippen molar-refractivity contribution >= 4 is 21.7 Å². The number of aromatic nitrogens is 2. The number of alkyl halides is 3. The second-order valence-corrected chi connectivity index (χ2v) is 8.81. The Balaban J connectivity index is 1.55. The van der Waals surface area contributed by atoms with E-state index in [1.807, 2.05) is 0 Å². The highest BCUT2D eigenvalue weighted by molar-refractivity contribution is 7.91. The second kappa shape index (κ2) is 7.01.